The fourth-order valence-electron chi connectivity index (χ4n) is 2.70. The summed E-state index contributed by atoms with van der Waals surface area (Å²) in [4.78, 5) is 0. The number of hydrogen-bond acceptors (Lipinski definition) is 2. The Balaban J connectivity index is 1.46. The van der Waals surface area contributed by atoms with Crippen molar-refractivity contribution in [3.8, 4) is 5.75 Å². The van der Waals surface area contributed by atoms with Crippen molar-refractivity contribution >= 4 is 15.9 Å². The summed E-state index contributed by atoms with van der Waals surface area (Å²) in [5.74, 6) is 0.918. The van der Waals surface area contributed by atoms with Crippen molar-refractivity contribution < 1.29 is 4.74 Å². The molecule has 1 N–H and O–H groups in total. The number of halogens is 1. The van der Waals surface area contributed by atoms with Gasteiger partial charge in [-0.25, -0.2) is 0 Å². The third kappa shape index (κ3) is 3.22. The molecule has 1 atom stereocenters. The number of aryl methyl sites for hydroxylation is 1. The van der Waals surface area contributed by atoms with Crippen molar-refractivity contribution in [2.75, 3.05) is 13.2 Å². The molecular weight excluding hydrogens is 314 g/mol. The summed E-state index contributed by atoms with van der Waals surface area (Å²) in [6.45, 7) is 1.56. The van der Waals surface area contributed by atoms with Gasteiger partial charge in [0.2, 0.25) is 0 Å². The summed E-state index contributed by atoms with van der Waals surface area (Å²) >= 11 is 3.42. The van der Waals surface area contributed by atoms with Crippen molar-refractivity contribution in [3.63, 3.8) is 0 Å². The van der Waals surface area contributed by atoms with Crippen molar-refractivity contribution in [1.82, 2.24) is 5.32 Å². The second-order valence-electron chi connectivity index (χ2n) is 5.05. The van der Waals surface area contributed by atoms with E-state index in [1.165, 1.54) is 24.0 Å². The van der Waals surface area contributed by atoms with E-state index in [4.69, 9.17) is 4.74 Å². The van der Waals surface area contributed by atoms with E-state index in [2.05, 4.69) is 45.5 Å². The van der Waals surface area contributed by atoms with Gasteiger partial charge in [0.1, 0.15) is 12.4 Å². The van der Waals surface area contributed by atoms with Crippen LogP contribution in [0.25, 0.3) is 0 Å². The van der Waals surface area contributed by atoms with Crippen LogP contribution in [-0.2, 0) is 6.42 Å². The topological polar surface area (TPSA) is 21.3 Å². The molecule has 1 unspecified atom stereocenters. The number of ether oxygens (including phenoxy) is 1. The number of hydrogen-bond donors (Lipinski definition) is 1. The SMILES string of the molecule is Brc1ccc(OCCNC2CCc3ccccc32)cc1. The highest BCUT2D eigenvalue weighted by Gasteiger charge is 2.20. The zero-order valence-corrected chi connectivity index (χ0v) is 12.9. The Morgan fingerprint density at radius 2 is 1.90 bits per heavy atom. The molecule has 0 amide bonds. The fourth-order valence-corrected chi connectivity index (χ4v) is 2.97. The summed E-state index contributed by atoms with van der Waals surface area (Å²) in [5, 5.41) is 3.59. The quantitative estimate of drug-likeness (QED) is 0.832. The maximum atomic E-state index is 5.73. The monoisotopic (exact) mass is 331 g/mol. The highest BCUT2D eigenvalue weighted by atomic mass is 79.9. The molecule has 3 rings (SSSR count). The molecule has 1 aliphatic carbocycles. The van der Waals surface area contributed by atoms with Gasteiger partial charge in [0.15, 0.2) is 0 Å². The minimum absolute atomic E-state index is 0.486. The molecule has 20 heavy (non-hydrogen) atoms. The fraction of sp³-hybridized carbons (Fsp3) is 0.294. The van der Waals surface area contributed by atoms with E-state index in [1.807, 2.05) is 24.3 Å². The standard InChI is InChI=1S/C17H18BrNO/c18-14-6-8-15(9-7-14)20-12-11-19-17-10-5-13-3-1-2-4-16(13)17/h1-4,6-9,17,19H,5,10-12H2. The first kappa shape index (κ1) is 13.7. The molecule has 0 saturated heterocycles. The highest BCUT2D eigenvalue weighted by molar-refractivity contribution is 9.10. The lowest BCUT2D eigenvalue weighted by Crippen LogP contribution is -2.24. The predicted molar refractivity (Wildman–Crippen MR) is 85.1 cm³/mol. The van der Waals surface area contributed by atoms with Crippen LogP contribution in [0.3, 0.4) is 0 Å². The van der Waals surface area contributed by atoms with E-state index in [0.717, 1.165) is 16.8 Å². The van der Waals surface area contributed by atoms with E-state index < -0.39 is 0 Å². The van der Waals surface area contributed by atoms with E-state index in [-0.39, 0.29) is 0 Å². The van der Waals surface area contributed by atoms with Crippen LogP contribution in [0.2, 0.25) is 0 Å². The third-order valence-corrected chi connectivity index (χ3v) is 4.24. The molecular formula is C17H18BrNO. The summed E-state index contributed by atoms with van der Waals surface area (Å²) in [6.07, 6.45) is 2.37. The molecule has 0 aromatic heterocycles. The Labute approximate surface area is 128 Å². The number of nitrogens with one attached hydrogen (secondary N) is 1. The summed E-state index contributed by atoms with van der Waals surface area (Å²) in [5.41, 5.74) is 2.94. The van der Waals surface area contributed by atoms with Crippen LogP contribution < -0.4 is 10.1 Å². The van der Waals surface area contributed by atoms with Crippen LogP contribution in [0.5, 0.6) is 5.75 Å². The predicted octanol–water partition coefficient (Wildman–Crippen LogP) is 4.11. The van der Waals surface area contributed by atoms with Gasteiger partial charge in [-0.3, -0.25) is 0 Å². The Morgan fingerprint density at radius 3 is 2.75 bits per heavy atom. The first-order chi connectivity index (χ1) is 9.83. The molecule has 0 radical (unpaired) electrons. The van der Waals surface area contributed by atoms with Gasteiger partial charge >= 0.3 is 0 Å². The summed E-state index contributed by atoms with van der Waals surface area (Å²) in [7, 11) is 0. The Kier molecular flexibility index (Phi) is 4.38. The minimum atomic E-state index is 0.486. The molecule has 0 bridgehead atoms. The second kappa shape index (κ2) is 6.42. The number of benzene rings is 2. The first-order valence-electron chi connectivity index (χ1n) is 7.02. The molecule has 2 aromatic carbocycles. The number of rotatable bonds is 5. The lowest BCUT2D eigenvalue weighted by Gasteiger charge is -2.14. The van der Waals surface area contributed by atoms with Crippen molar-refractivity contribution in [2.45, 2.75) is 18.9 Å². The van der Waals surface area contributed by atoms with Crippen LogP contribution >= 0.6 is 15.9 Å². The third-order valence-electron chi connectivity index (χ3n) is 3.71. The van der Waals surface area contributed by atoms with Gasteiger partial charge in [0, 0.05) is 17.1 Å². The lowest BCUT2D eigenvalue weighted by atomic mass is 10.1. The number of fused-ring (bicyclic) bond motifs is 1. The van der Waals surface area contributed by atoms with Gasteiger partial charge in [0.05, 0.1) is 0 Å². The van der Waals surface area contributed by atoms with E-state index in [0.29, 0.717) is 12.6 Å². The molecule has 0 heterocycles. The van der Waals surface area contributed by atoms with Gasteiger partial charge in [-0.1, -0.05) is 40.2 Å². The normalized spacial score (nSPS) is 16.9. The van der Waals surface area contributed by atoms with E-state index in [9.17, 15) is 0 Å². The van der Waals surface area contributed by atoms with Gasteiger partial charge in [-0.05, 0) is 48.2 Å². The average Bonchev–Trinajstić information content (AvgIpc) is 2.89. The zero-order valence-electron chi connectivity index (χ0n) is 11.3. The molecule has 1 aliphatic rings. The van der Waals surface area contributed by atoms with E-state index in [1.54, 1.807) is 0 Å². The van der Waals surface area contributed by atoms with Crippen LogP contribution in [0.1, 0.15) is 23.6 Å². The molecule has 0 spiro atoms. The average molecular weight is 332 g/mol. The summed E-state index contributed by atoms with van der Waals surface area (Å²) in [6, 6.07) is 17.1. The van der Waals surface area contributed by atoms with Gasteiger partial charge in [-0.15, -0.1) is 0 Å². The molecule has 0 fully saturated rings. The molecule has 3 heteroatoms. The van der Waals surface area contributed by atoms with Gasteiger partial charge < -0.3 is 10.1 Å². The van der Waals surface area contributed by atoms with Crippen LogP contribution in [0.4, 0.5) is 0 Å². The maximum Gasteiger partial charge on any atom is 0.119 e. The van der Waals surface area contributed by atoms with Gasteiger partial charge in [0.25, 0.3) is 0 Å². The largest absolute Gasteiger partial charge is 0.492 e. The second-order valence-corrected chi connectivity index (χ2v) is 5.96. The van der Waals surface area contributed by atoms with Crippen molar-refractivity contribution in [2.24, 2.45) is 0 Å². The van der Waals surface area contributed by atoms with Crippen LogP contribution in [0.15, 0.2) is 53.0 Å². The lowest BCUT2D eigenvalue weighted by molar-refractivity contribution is 0.305. The highest BCUT2D eigenvalue weighted by Crippen LogP contribution is 2.30. The molecule has 2 aromatic rings. The maximum absolute atomic E-state index is 5.73. The van der Waals surface area contributed by atoms with Crippen molar-refractivity contribution in [3.05, 3.63) is 64.1 Å². The van der Waals surface area contributed by atoms with Crippen LogP contribution in [0, 0.1) is 0 Å². The molecule has 104 valence electrons. The van der Waals surface area contributed by atoms with Gasteiger partial charge in [-0.2, -0.15) is 0 Å². The first-order valence-corrected chi connectivity index (χ1v) is 7.82. The molecule has 2 nitrogen and oxygen atoms in total. The smallest absolute Gasteiger partial charge is 0.119 e. The Bertz CT molecular complexity index is 567. The Hall–Kier alpha value is -1.32. The van der Waals surface area contributed by atoms with Crippen molar-refractivity contribution in [1.29, 1.82) is 0 Å². The van der Waals surface area contributed by atoms with E-state index >= 15 is 0 Å². The summed E-state index contributed by atoms with van der Waals surface area (Å²) < 4.78 is 6.80. The molecule has 0 saturated carbocycles. The Morgan fingerprint density at radius 1 is 1.10 bits per heavy atom. The minimum Gasteiger partial charge on any atom is -0.492 e. The molecule has 0 aliphatic heterocycles. The zero-order chi connectivity index (χ0) is 13.8. The van der Waals surface area contributed by atoms with Crippen LogP contribution in [-0.4, -0.2) is 13.2 Å².